The molecule has 0 radical (unpaired) electrons. The monoisotopic (exact) mass is 371 g/mol. The third-order valence-electron chi connectivity index (χ3n) is 4.72. The fourth-order valence-corrected chi connectivity index (χ4v) is 3.42. The fraction of sp³-hybridized carbons (Fsp3) is 0.208. The molecule has 3 rings (SSSR count). The summed E-state index contributed by atoms with van der Waals surface area (Å²) in [6, 6.07) is 5.78. The molecule has 28 heavy (non-hydrogen) atoms. The van der Waals surface area contributed by atoms with Crippen molar-refractivity contribution in [2.75, 3.05) is 5.73 Å². The van der Waals surface area contributed by atoms with Crippen LogP contribution in [0.25, 0.3) is 22.4 Å². The van der Waals surface area contributed by atoms with Crippen LogP contribution in [0.4, 0.5) is 5.95 Å². The molecule has 1 aliphatic rings. The standard InChI is InChI=1S/C24H25N3O/c1-6-9-16(7-2)21-20-22(27-24(25)26-21)19-17(15(5)13-12-14(3)4)10-8-11-18(19)23(20)28/h6-13H,1-5H3,(H2,25,26,27). The van der Waals surface area contributed by atoms with E-state index in [0.717, 1.165) is 22.3 Å². The lowest BCUT2D eigenvalue weighted by atomic mass is 9.96. The van der Waals surface area contributed by atoms with Crippen molar-refractivity contribution in [1.29, 1.82) is 0 Å². The van der Waals surface area contributed by atoms with Crippen LogP contribution >= 0.6 is 0 Å². The molecule has 4 heteroatoms. The van der Waals surface area contributed by atoms with Crippen molar-refractivity contribution in [3.8, 4) is 11.3 Å². The first-order valence-electron chi connectivity index (χ1n) is 9.36. The van der Waals surface area contributed by atoms with E-state index in [4.69, 9.17) is 5.73 Å². The molecule has 0 unspecified atom stereocenters. The zero-order chi connectivity index (χ0) is 20.4. The van der Waals surface area contributed by atoms with Gasteiger partial charge in [0.05, 0.1) is 17.0 Å². The van der Waals surface area contributed by atoms with E-state index in [1.54, 1.807) is 0 Å². The molecule has 2 aromatic rings. The van der Waals surface area contributed by atoms with Crippen LogP contribution in [0.1, 0.15) is 61.8 Å². The lowest BCUT2D eigenvalue weighted by Crippen LogP contribution is -2.07. The van der Waals surface area contributed by atoms with E-state index in [0.29, 0.717) is 22.5 Å². The van der Waals surface area contributed by atoms with Crippen molar-refractivity contribution in [3.63, 3.8) is 0 Å². The maximum absolute atomic E-state index is 13.3. The second kappa shape index (κ2) is 7.77. The van der Waals surface area contributed by atoms with Gasteiger partial charge in [0, 0.05) is 11.1 Å². The number of carbonyl (C=O) groups is 1. The van der Waals surface area contributed by atoms with Gasteiger partial charge in [-0.3, -0.25) is 4.79 Å². The van der Waals surface area contributed by atoms with Gasteiger partial charge in [0.25, 0.3) is 0 Å². The van der Waals surface area contributed by atoms with Crippen LogP contribution in [0.2, 0.25) is 0 Å². The smallest absolute Gasteiger partial charge is 0.221 e. The van der Waals surface area contributed by atoms with Gasteiger partial charge in [0.1, 0.15) is 0 Å². The van der Waals surface area contributed by atoms with Crippen LogP contribution in [0, 0.1) is 0 Å². The van der Waals surface area contributed by atoms with Gasteiger partial charge in [-0.15, -0.1) is 0 Å². The van der Waals surface area contributed by atoms with Crippen LogP contribution in [0.3, 0.4) is 0 Å². The molecular formula is C24H25N3O. The molecule has 0 atom stereocenters. The lowest BCUT2D eigenvalue weighted by Gasteiger charge is -2.10. The van der Waals surface area contributed by atoms with Gasteiger partial charge < -0.3 is 5.73 Å². The summed E-state index contributed by atoms with van der Waals surface area (Å²) in [4.78, 5) is 22.2. The Kier molecular flexibility index (Phi) is 5.41. The largest absolute Gasteiger partial charge is 0.368 e. The average Bonchev–Trinajstić information content (AvgIpc) is 2.96. The zero-order valence-corrected chi connectivity index (χ0v) is 17.0. The van der Waals surface area contributed by atoms with Crippen LogP contribution in [0.5, 0.6) is 0 Å². The van der Waals surface area contributed by atoms with E-state index in [1.165, 1.54) is 5.57 Å². The van der Waals surface area contributed by atoms with Gasteiger partial charge in [0.15, 0.2) is 5.78 Å². The number of allylic oxidation sites excluding steroid dienone is 8. The number of anilines is 1. The molecule has 1 aromatic carbocycles. The predicted octanol–water partition coefficient (Wildman–Crippen LogP) is 5.62. The predicted molar refractivity (Wildman–Crippen MR) is 117 cm³/mol. The highest BCUT2D eigenvalue weighted by atomic mass is 16.1. The van der Waals surface area contributed by atoms with E-state index < -0.39 is 0 Å². The van der Waals surface area contributed by atoms with Crippen molar-refractivity contribution < 1.29 is 4.79 Å². The van der Waals surface area contributed by atoms with Gasteiger partial charge in [-0.2, -0.15) is 0 Å². The Morgan fingerprint density at radius 1 is 1.04 bits per heavy atom. The van der Waals surface area contributed by atoms with E-state index >= 15 is 0 Å². The molecule has 1 aliphatic carbocycles. The summed E-state index contributed by atoms with van der Waals surface area (Å²) in [5, 5.41) is 0. The van der Waals surface area contributed by atoms with Crippen LogP contribution < -0.4 is 5.73 Å². The van der Waals surface area contributed by atoms with Crippen LogP contribution in [-0.2, 0) is 0 Å². The molecular weight excluding hydrogens is 346 g/mol. The summed E-state index contributed by atoms with van der Waals surface area (Å²) in [5.74, 6) is 0.111. The highest BCUT2D eigenvalue weighted by molar-refractivity contribution is 6.24. The van der Waals surface area contributed by atoms with Gasteiger partial charge in [0.2, 0.25) is 5.95 Å². The molecule has 0 saturated carbocycles. The molecule has 142 valence electrons. The van der Waals surface area contributed by atoms with Crippen LogP contribution in [0.15, 0.2) is 54.2 Å². The van der Waals surface area contributed by atoms with Gasteiger partial charge in [-0.05, 0) is 51.3 Å². The second-order valence-corrected chi connectivity index (χ2v) is 7.05. The SMILES string of the molecule is CC=CC(=CC)c1nc(N)nc2c1C(=O)c1cccc(C(C)=CC=C(C)C)c1-2. The van der Waals surface area contributed by atoms with Crippen molar-refractivity contribution in [3.05, 3.63) is 76.5 Å². The number of aromatic nitrogens is 2. The Bertz CT molecular complexity index is 1080. The summed E-state index contributed by atoms with van der Waals surface area (Å²) < 4.78 is 0. The molecule has 0 aliphatic heterocycles. The molecule has 1 aromatic heterocycles. The average molecular weight is 371 g/mol. The summed E-state index contributed by atoms with van der Waals surface area (Å²) in [6.07, 6.45) is 9.91. The van der Waals surface area contributed by atoms with E-state index in [1.807, 2.05) is 57.2 Å². The Balaban J connectivity index is 2.33. The minimum absolute atomic E-state index is 0.0549. The van der Waals surface area contributed by atoms with Gasteiger partial charge >= 0.3 is 0 Å². The Morgan fingerprint density at radius 3 is 2.43 bits per heavy atom. The highest BCUT2D eigenvalue weighted by Gasteiger charge is 2.34. The minimum Gasteiger partial charge on any atom is -0.368 e. The Morgan fingerprint density at radius 2 is 1.79 bits per heavy atom. The summed E-state index contributed by atoms with van der Waals surface area (Å²) >= 11 is 0. The van der Waals surface area contributed by atoms with Crippen LogP contribution in [-0.4, -0.2) is 15.8 Å². The first-order chi connectivity index (χ1) is 13.4. The zero-order valence-electron chi connectivity index (χ0n) is 17.0. The number of nitrogens with two attached hydrogens (primary N) is 1. The molecule has 4 nitrogen and oxygen atoms in total. The first kappa shape index (κ1) is 19.5. The van der Waals surface area contributed by atoms with E-state index in [9.17, 15) is 4.79 Å². The maximum atomic E-state index is 13.3. The normalized spacial score (nSPS) is 13.7. The van der Waals surface area contributed by atoms with Gasteiger partial charge in [-0.1, -0.05) is 54.2 Å². The summed E-state index contributed by atoms with van der Waals surface area (Å²) in [7, 11) is 0. The third-order valence-corrected chi connectivity index (χ3v) is 4.72. The quantitative estimate of drug-likeness (QED) is 0.604. The van der Waals surface area contributed by atoms with Crippen molar-refractivity contribution >= 4 is 22.9 Å². The molecule has 1 heterocycles. The number of fused-ring (bicyclic) bond motifs is 3. The topological polar surface area (TPSA) is 68.9 Å². The van der Waals surface area contributed by atoms with Crippen molar-refractivity contribution in [2.45, 2.75) is 34.6 Å². The third kappa shape index (κ3) is 3.33. The summed E-state index contributed by atoms with van der Waals surface area (Å²) in [5.41, 5.74) is 13.4. The fourth-order valence-electron chi connectivity index (χ4n) is 3.42. The molecule has 0 fully saturated rings. The van der Waals surface area contributed by atoms with Crippen molar-refractivity contribution in [2.24, 2.45) is 0 Å². The van der Waals surface area contributed by atoms with E-state index in [-0.39, 0.29) is 11.7 Å². The number of nitrogens with zero attached hydrogens (tertiary/aromatic N) is 2. The minimum atomic E-state index is -0.0549. The van der Waals surface area contributed by atoms with Crippen molar-refractivity contribution in [1.82, 2.24) is 9.97 Å². The Hall–Kier alpha value is -3.27. The second-order valence-electron chi connectivity index (χ2n) is 7.05. The molecule has 0 spiro atoms. The number of carbonyl (C=O) groups excluding carboxylic acids is 1. The number of rotatable bonds is 4. The summed E-state index contributed by atoms with van der Waals surface area (Å²) in [6.45, 7) is 10.0. The number of hydrogen-bond acceptors (Lipinski definition) is 4. The number of benzene rings is 1. The maximum Gasteiger partial charge on any atom is 0.221 e. The number of nitrogen functional groups attached to an aromatic ring is 1. The lowest BCUT2D eigenvalue weighted by molar-refractivity contribution is 0.104. The van der Waals surface area contributed by atoms with E-state index in [2.05, 4.69) is 36.0 Å². The molecule has 0 amide bonds. The molecule has 0 bridgehead atoms. The molecule has 0 saturated heterocycles. The first-order valence-corrected chi connectivity index (χ1v) is 9.36. The molecule has 2 N–H and O–H groups in total. The number of ketones is 1. The number of hydrogen-bond donors (Lipinski definition) is 1. The Labute approximate surface area is 166 Å². The van der Waals surface area contributed by atoms with Gasteiger partial charge in [-0.25, -0.2) is 9.97 Å². The highest BCUT2D eigenvalue weighted by Crippen LogP contribution is 2.42.